The second kappa shape index (κ2) is 7.49. The molecule has 0 spiro atoms. The third-order valence-electron chi connectivity index (χ3n) is 4.12. The summed E-state index contributed by atoms with van der Waals surface area (Å²) in [7, 11) is 0. The third-order valence-corrected chi connectivity index (χ3v) is 4.12. The fraction of sp³-hybridized carbons (Fsp3) is 0.588. The van der Waals surface area contributed by atoms with Crippen LogP contribution in [0.5, 0.6) is 0 Å². The lowest BCUT2D eigenvalue weighted by atomic mass is 10.1. The summed E-state index contributed by atoms with van der Waals surface area (Å²) in [5.41, 5.74) is 1.08. The maximum atomic E-state index is 6.11. The van der Waals surface area contributed by atoms with Crippen molar-refractivity contribution in [2.45, 2.75) is 64.1 Å². The van der Waals surface area contributed by atoms with Gasteiger partial charge >= 0.3 is 0 Å². The second-order valence-electron chi connectivity index (χ2n) is 5.98. The maximum Gasteiger partial charge on any atom is 0.255 e. The highest BCUT2D eigenvalue weighted by atomic mass is 16.5. The number of hydrogen-bond donors (Lipinski definition) is 0. The number of nitrogens with zero attached hydrogens (tertiary/aromatic N) is 3. The largest absolute Gasteiger partial charge is 0.365 e. The van der Waals surface area contributed by atoms with E-state index in [1.165, 1.54) is 25.7 Å². The van der Waals surface area contributed by atoms with Gasteiger partial charge in [0.1, 0.15) is 6.10 Å². The van der Waals surface area contributed by atoms with E-state index in [0.717, 1.165) is 18.4 Å². The average molecular weight is 301 g/mol. The molecule has 0 amide bonds. The quantitative estimate of drug-likeness (QED) is 0.785. The molecule has 1 aliphatic rings. The van der Waals surface area contributed by atoms with Gasteiger partial charge in [-0.15, -0.1) is 0 Å². The molecule has 22 heavy (non-hydrogen) atoms. The molecule has 3 rings (SSSR count). The highest BCUT2D eigenvalue weighted by molar-refractivity contribution is 5.13. The summed E-state index contributed by atoms with van der Waals surface area (Å²) in [6.07, 6.45) is 11.8. The predicted molar refractivity (Wildman–Crippen MR) is 82.3 cm³/mol. The summed E-state index contributed by atoms with van der Waals surface area (Å²) in [5, 5.41) is 4.05. The maximum absolute atomic E-state index is 6.11. The lowest BCUT2D eigenvalue weighted by molar-refractivity contribution is -0.0259. The van der Waals surface area contributed by atoms with Gasteiger partial charge in [-0.25, -0.2) is 0 Å². The van der Waals surface area contributed by atoms with Crippen LogP contribution in [0.15, 0.2) is 29.0 Å². The highest BCUT2D eigenvalue weighted by Gasteiger charge is 2.21. The molecule has 2 aromatic rings. The van der Waals surface area contributed by atoms with Crippen LogP contribution < -0.4 is 0 Å². The van der Waals surface area contributed by atoms with E-state index in [2.05, 4.69) is 15.1 Å². The fourth-order valence-electron chi connectivity index (χ4n) is 2.91. The summed E-state index contributed by atoms with van der Waals surface area (Å²) in [6.45, 7) is 1.99. The van der Waals surface area contributed by atoms with Gasteiger partial charge in [0, 0.05) is 18.8 Å². The Bertz CT molecular complexity index is 562. The van der Waals surface area contributed by atoms with Gasteiger partial charge < -0.3 is 9.26 Å². The summed E-state index contributed by atoms with van der Waals surface area (Å²) in [6, 6.07) is 3.92. The number of rotatable bonds is 5. The smallest absolute Gasteiger partial charge is 0.255 e. The molecule has 5 nitrogen and oxygen atoms in total. The number of ether oxygens (including phenoxy) is 1. The zero-order valence-electron chi connectivity index (χ0n) is 13.1. The molecule has 1 saturated carbocycles. The number of hydrogen-bond acceptors (Lipinski definition) is 5. The first-order valence-electron chi connectivity index (χ1n) is 8.18. The lowest BCUT2D eigenvalue weighted by Crippen LogP contribution is -2.14. The van der Waals surface area contributed by atoms with Crippen molar-refractivity contribution in [3.8, 4) is 0 Å². The highest BCUT2D eigenvalue weighted by Crippen LogP contribution is 2.25. The van der Waals surface area contributed by atoms with E-state index in [9.17, 15) is 0 Å². The molecule has 5 heteroatoms. The molecular formula is C17H23N3O2. The Morgan fingerprint density at radius 3 is 2.82 bits per heavy atom. The summed E-state index contributed by atoms with van der Waals surface area (Å²) in [5.74, 6) is 1.25. The molecule has 0 N–H and O–H groups in total. The van der Waals surface area contributed by atoms with Crippen molar-refractivity contribution in [2.24, 2.45) is 0 Å². The van der Waals surface area contributed by atoms with Crippen LogP contribution in [0.1, 0.15) is 68.8 Å². The third kappa shape index (κ3) is 4.13. The molecule has 0 aromatic carbocycles. The van der Waals surface area contributed by atoms with Crippen LogP contribution in [-0.2, 0) is 11.2 Å². The second-order valence-corrected chi connectivity index (χ2v) is 5.98. The zero-order chi connectivity index (χ0) is 15.2. The van der Waals surface area contributed by atoms with Crippen molar-refractivity contribution < 1.29 is 9.26 Å². The molecule has 1 atom stereocenters. The first-order chi connectivity index (χ1) is 10.8. The minimum absolute atomic E-state index is 0.141. The molecule has 2 aromatic heterocycles. The molecule has 1 fully saturated rings. The van der Waals surface area contributed by atoms with Crippen molar-refractivity contribution >= 4 is 0 Å². The Morgan fingerprint density at radius 1 is 1.27 bits per heavy atom. The van der Waals surface area contributed by atoms with E-state index >= 15 is 0 Å². The molecule has 1 unspecified atom stereocenters. The van der Waals surface area contributed by atoms with Crippen LogP contribution >= 0.6 is 0 Å². The zero-order valence-corrected chi connectivity index (χ0v) is 13.1. The molecule has 0 saturated heterocycles. The van der Waals surface area contributed by atoms with Gasteiger partial charge in [0.2, 0.25) is 0 Å². The minimum Gasteiger partial charge on any atom is -0.365 e. The van der Waals surface area contributed by atoms with E-state index in [0.29, 0.717) is 24.2 Å². The van der Waals surface area contributed by atoms with E-state index in [1.807, 2.05) is 25.3 Å². The van der Waals surface area contributed by atoms with Crippen LogP contribution in [0.4, 0.5) is 0 Å². The number of pyridine rings is 1. The Hall–Kier alpha value is -1.75. The molecule has 0 bridgehead atoms. The summed E-state index contributed by atoms with van der Waals surface area (Å²) < 4.78 is 11.5. The average Bonchev–Trinajstić information content (AvgIpc) is 2.85. The molecule has 1 aliphatic carbocycles. The molecule has 2 heterocycles. The van der Waals surface area contributed by atoms with Crippen molar-refractivity contribution in [2.75, 3.05) is 0 Å². The van der Waals surface area contributed by atoms with E-state index in [-0.39, 0.29) is 6.10 Å². The standard InChI is InChI=1S/C17H23N3O2/c1-13(21-15-8-4-2-3-5-9-15)17-19-16(20-22-17)11-14-7-6-10-18-12-14/h6-7,10,12-13,15H,2-5,8-9,11H2,1H3. The van der Waals surface area contributed by atoms with Gasteiger partial charge in [-0.3, -0.25) is 4.98 Å². The van der Waals surface area contributed by atoms with Crippen LogP contribution in [0.25, 0.3) is 0 Å². The van der Waals surface area contributed by atoms with E-state index in [4.69, 9.17) is 9.26 Å². The van der Waals surface area contributed by atoms with E-state index < -0.39 is 0 Å². The molecular weight excluding hydrogens is 278 g/mol. The van der Waals surface area contributed by atoms with Crippen LogP contribution in [-0.4, -0.2) is 21.2 Å². The monoisotopic (exact) mass is 301 g/mol. The van der Waals surface area contributed by atoms with Crippen molar-refractivity contribution in [3.05, 3.63) is 41.8 Å². The van der Waals surface area contributed by atoms with Gasteiger partial charge in [-0.05, 0) is 31.4 Å². The summed E-state index contributed by atoms with van der Waals surface area (Å²) >= 11 is 0. The van der Waals surface area contributed by atoms with E-state index in [1.54, 1.807) is 6.20 Å². The summed E-state index contributed by atoms with van der Waals surface area (Å²) in [4.78, 5) is 8.56. The van der Waals surface area contributed by atoms with Crippen LogP contribution in [0.3, 0.4) is 0 Å². The van der Waals surface area contributed by atoms with Gasteiger partial charge in [0.25, 0.3) is 5.89 Å². The Balaban J connectivity index is 1.57. The van der Waals surface area contributed by atoms with Crippen molar-refractivity contribution in [1.82, 2.24) is 15.1 Å². The Kier molecular flexibility index (Phi) is 5.16. The lowest BCUT2D eigenvalue weighted by Gasteiger charge is -2.18. The van der Waals surface area contributed by atoms with Gasteiger partial charge in [-0.2, -0.15) is 4.98 Å². The molecule has 0 radical (unpaired) electrons. The Morgan fingerprint density at radius 2 is 2.09 bits per heavy atom. The molecule has 0 aliphatic heterocycles. The van der Waals surface area contributed by atoms with Crippen molar-refractivity contribution in [3.63, 3.8) is 0 Å². The van der Waals surface area contributed by atoms with Gasteiger partial charge in [0.05, 0.1) is 6.10 Å². The van der Waals surface area contributed by atoms with Crippen molar-refractivity contribution in [1.29, 1.82) is 0 Å². The number of aromatic nitrogens is 3. The first kappa shape index (κ1) is 15.2. The van der Waals surface area contributed by atoms with Crippen LogP contribution in [0, 0.1) is 0 Å². The minimum atomic E-state index is -0.141. The molecule has 118 valence electrons. The Labute approximate surface area is 131 Å². The van der Waals surface area contributed by atoms with Crippen LogP contribution in [0.2, 0.25) is 0 Å². The normalized spacial score (nSPS) is 18.0. The topological polar surface area (TPSA) is 61.0 Å². The SMILES string of the molecule is CC(OC1CCCCCC1)c1nc(Cc2cccnc2)no1. The van der Waals surface area contributed by atoms with Gasteiger partial charge in [-0.1, -0.05) is 36.9 Å². The fourth-order valence-corrected chi connectivity index (χ4v) is 2.91. The first-order valence-corrected chi connectivity index (χ1v) is 8.18. The predicted octanol–water partition coefficient (Wildman–Crippen LogP) is 3.86. The van der Waals surface area contributed by atoms with Gasteiger partial charge in [0.15, 0.2) is 5.82 Å².